The minimum atomic E-state index is -0.833. The molecule has 0 rings (SSSR count). The minimum absolute atomic E-state index is 0.380. The summed E-state index contributed by atoms with van der Waals surface area (Å²) in [5.74, 6) is -0.0298. The second-order valence-corrected chi connectivity index (χ2v) is 5.38. The van der Waals surface area contributed by atoms with E-state index in [1.54, 1.807) is 0 Å². The fourth-order valence-electron chi connectivity index (χ4n) is 1.42. The molecule has 0 aliphatic heterocycles. The molecule has 22 heavy (non-hydrogen) atoms. The normalized spacial score (nSPS) is 12.6. The molecule has 0 radical (unpaired) electrons. The lowest BCUT2D eigenvalue weighted by Crippen LogP contribution is -2.16. The van der Waals surface area contributed by atoms with Gasteiger partial charge in [-0.3, -0.25) is 9.68 Å². The van der Waals surface area contributed by atoms with Gasteiger partial charge in [-0.1, -0.05) is 53.4 Å². The average molecular weight is 320 g/mol. The van der Waals surface area contributed by atoms with E-state index in [0.717, 1.165) is 26.2 Å². The standard InChI is InChI=1S/C14H28O4.C2H4O2/c1-5-8-9-13(7-3)11-16-14(15)18-17-10-12(4)6-2;1-2(3)4/h12-13H,5-11H2,1-4H3;1H3,(H,3,4). The van der Waals surface area contributed by atoms with Gasteiger partial charge in [0, 0.05) is 6.92 Å². The smallest absolute Gasteiger partial charge is 0.481 e. The zero-order valence-corrected chi connectivity index (χ0v) is 14.6. The van der Waals surface area contributed by atoms with Crippen molar-refractivity contribution in [2.75, 3.05) is 13.2 Å². The molecule has 6 heteroatoms. The molecule has 0 spiro atoms. The third-order valence-corrected chi connectivity index (χ3v) is 3.16. The van der Waals surface area contributed by atoms with E-state index in [1.807, 2.05) is 6.92 Å². The van der Waals surface area contributed by atoms with Gasteiger partial charge in [0.15, 0.2) is 0 Å². The number of aliphatic carboxylic acids is 1. The molecule has 0 fully saturated rings. The maximum absolute atomic E-state index is 11.2. The van der Waals surface area contributed by atoms with Crippen LogP contribution in [0.15, 0.2) is 0 Å². The summed E-state index contributed by atoms with van der Waals surface area (Å²) < 4.78 is 5.02. The Balaban J connectivity index is 0. The molecule has 132 valence electrons. The van der Waals surface area contributed by atoms with Crippen LogP contribution in [-0.4, -0.2) is 30.4 Å². The molecule has 2 atom stereocenters. The quantitative estimate of drug-likeness (QED) is 0.364. The third-order valence-electron chi connectivity index (χ3n) is 3.16. The second kappa shape index (κ2) is 16.1. The zero-order chi connectivity index (χ0) is 17.4. The summed E-state index contributed by atoms with van der Waals surface area (Å²) in [6.45, 7) is 10.3. The lowest BCUT2D eigenvalue weighted by molar-refractivity contribution is -0.262. The summed E-state index contributed by atoms with van der Waals surface area (Å²) in [6, 6.07) is 0. The van der Waals surface area contributed by atoms with Crippen LogP contribution in [0.4, 0.5) is 4.79 Å². The van der Waals surface area contributed by atoms with Crippen molar-refractivity contribution in [3.05, 3.63) is 0 Å². The molecule has 0 bridgehead atoms. The number of hydrogen-bond donors (Lipinski definition) is 1. The van der Waals surface area contributed by atoms with Gasteiger partial charge in [0.1, 0.15) is 0 Å². The molecule has 2 unspecified atom stereocenters. The Bertz CT molecular complexity index is 276. The number of carbonyl (C=O) groups is 2. The molecule has 0 aliphatic carbocycles. The fraction of sp³-hybridized carbons (Fsp3) is 0.875. The summed E-state index contributed by atoms with van der Waals surface area (Å²) in [4.78, 5) is 29.6. The molecule has 0 aromatic carbocycles. The first kappa shape index (κ1) is 23.0. The number of carboxylic acids is 1. The van der Waals surface area contributed by atoms with E-state index in [-0.39, 0.29) is 0 Å². The van der Waals surface area contributed by atoms with E-state index in [2.05, 4.69) is 25.7 Å². The monoisotopic (exact) mass is 320 g/mol. The summed E-state index contributed by atoms with van der Waals surface area (Å²) in [6.07, 6.45) is 4.70. The Hall–Kier alpha value is -1.30. The summed E-state index contributed by atoms with van der Waals surface area (Å²) in [5, 5.41) is 7.42. The van der Waals surface area contributed by atoms with E-state index in [1.165, 1.54) is 12.8 Å². The van der Waals surface area contributed by atoms with Gasteiger partial charge in [-0.25, -0.2) is 4.79 Å². The Morgan fingerprint density at radius 3 is 2.14 bits per heavy atom. The Morgan fingerprint density at radius 1 is 1.09 bits per heavy atom. The summed E-state index contributed by atoms with van der Waals surface area (Å²) >= 11 is 0. The van der Waals surface area contributed by atoms with Crippen LogP contribution in [-0.2, 0) is 19.3 Å². The first-order chi connectivity index (χ1) is 10.4. The van der Waals surface area contributed by atoms with Gasteiger partial charge in [0.25, 0.3) is 5.97 Å². The molecule has 0 heterocycles. The highest BCUT2D eigenvalue weighted by Crippen LogP contribution is 2.13. The van der Waals surface area contributed by atoms with Crippen LogP contribution in [0.3, 0.4) is 0 Å². The second-order valence-electron chi connectivity index (χ2n) is 5.38. The van der Waals surface area contributed by atoms with Gasteiger partial charge in [-0.2, -0.15) is 4.89 Å². The molecule has 0 amide bonds. The van der Waals surface area contributed by atoms with Gasteiger partial charge in [-0.15, -0.1) is 0 Å². The van der Waals surface area contributed by atoms with Gasteiger partial charge < -0.3 is 9.84 Å². The van der Waals surface area contributed by atoms with Crippen molar-refractivity contribution < 1.29 is 29.2 Å². The number of carbonyl (C=O) groups excluding carboxylic acids is 1. The van der Waals surface area contributed by atoms with Crippen LogP contribution in [0.25, 0.3) is 0 Å². The Kier molecular flexibility index (Phi) is 16.8. The van der Waals surface area contributed by atoms with Crippen molar-refractivity contribution in [2.45, 2.75) is 66.7 Å². The van der Waals surface area contributed by atoms with Crippen LogP contribution in [0.1, 0.15) is 66.7 Å². The lowest BCUT2D eigenvalue weighted by Gasteiger charge is -2.14. The predicted molar refractivity (Wildman–Crippen MR) is 84.5 cm³/mol. The Labute approximate surface area is 134 Å². The van der Waals surface area contributed by atoms with Gasteiger partial charge in [-0.05, 0) is 18.3 Å². The number of carboxylic acid groups (broad SMARTS) is 1. The minimum Gasteiger partial charge on any atom is -0.481 e. The third kappa shape index (κ3) is 18.7. The Morgan fingerprint density at radius 2 is 1.68 bits per heavy atom. The summed E-state index contributed by atoms with van der Waals surface area (Å²) in [5.41, 5.74) is 0. The molecular formula is C16H32O6. The highest BCUT2D eigenvalue weighted by atomic mass is 17.2. The highest BCUT2D eigenvalue weighted by molar-refractivity contribution is 5.62. The van der Waals surface area contributed by atoms with Crippen molar-refractivity contribution in [3.8, 4) is 0 Å². The highest BCUT2D eigenvalue weighted by Gasteiger charge is 2.12. The maximum atomic E-state index is 11.2. The van der Waals surface area contributed by atoms with Crippen molar-refractivity contribution in [1.29, 1.82) is 0 Å². The molecule has 1 N–H and O–H groups in total. The molecule has 6 nitrogen and oxygen atoms in total. The average Bonchev–Trinajstić information content (AvgIpc) is 2.46. The molecule has 0 aromatic rings. The fourth-order valence-corrected chi connectivity index (χ4v) is 1.42. The molecular weight excluding hydrogens is 288 g/mol. The summed E-state index contributed by atoms with van der Waals surface area (Å²) in [7, 11) is 0. The van der Waals surface area contributed by atoms with Gasteiger partial charge in [0.2, 0.25) is 0 Å². The van der Waals surface area contributed by atoms with Crippen LogP contribution < -0.4 is 0 Å². The first-order valence-electron chi connectivity index (χ1n) is 8.02. The van der Waals surface area contributed by atoms with E-state index in [9.17, 15) is 4.79 Å². The molecule has 0 aliphatic rings. The van der Waals surface area contributed by atoms with Crippen molar-refractivity contribution >= 4 is 12.1 Å². The van der Waals surface area contributed by atoms with E-state index < -0.39 is 12.1 Å². The predicted octanol–water partition coefficient (Wildman–Crippen LogP) is 4.42. The zero-order valence-electron chi connectivity index (χ0n) is 14.6. The van der Waals surface area contributed by atoms with Crippen molar-refractivity contribution in [1.82, 2.24) is 0 Å². The first-order valence-corrected chi connectivity index (χ1v) is 8.02. The van der Waals surface area contributed by atoms with E-state index in [0.29, 0.717) is 25.0 Å². The molecule has 0 saturated heterocycles. The van der Waals surface area contributed by atoms with E-state index >= 15 is 0 Å². The van der Waals surface area contributed by atoms with E-state index in [4.69, 9.17) is 19.5 Å². The number of rotatable bonds is 10. The lowest BCUT2D eigenvalue weighted by atomic mass is 10.0. The van der Waals surface area contributed by atoms with Gasteiger partial charge in [0.05, 0.1) is 13.2 Å². The number of unbranched alkanes of at least 4 members (excludes halogenated alkanes) is 1. The SMILES string of the molecule is CC(=O)O.CCCCC(CC)COC(=O)OOCC(C)CC. The largest absolute Gasteiger partial charge is 0.540 e. The van der Waals surface area contributed by atoms with Crippen LogP contribution in [0, 0.1) is 11.8 Å². The number of ether oxygens (including phenoxy) is 1. The van der Waals surface area contributed by atoms with Crippen molar-refractivity contribution in [3.63, 3.8) is 0 Å². The van der Waals surface area contributed by atoms with Crippen LogP contribution in [0.5, 0.6) is 0 Å². The maximum Gasteiger partial charge on any atom is 0.540 e. The molecule has 0 saturated carbocycles. The van der Waals surface area contributed by atoms with Crippen LogP contribution in [0.2, 0.25) is 0 Å². The molecule has 0 aromatic heterocycles. The topological polar surface area (TPSA) is 82.1 Å². The van der Waals surface area contributed by atoms with Crippen molar-refractivity contribution in [2.24, 2.45) is 11.8 Å². The number of hydrogen-bond acceptors (Lipinski definition) is 5. The van der Waals surface area contributed by atoms with Gasteiger partial charge >= 0.3 is 6.16 Å². The van der Waals surface area contributed by atoms with Crippen LogP contribution >= 0.6 is 0 Å².